The fraction of sp³-hybridized carbons (Fsp3) is 0.923. The van der Waals surface area contributed by atoms with Gasteiger partial charge in [0.2, 0.25) is 0 Å². The number of nitrogens with one attached hydrogen (secondary N) is 2. The zero-order chi connectivity index (χ0) is 15.4. The van der Waals surface area contributed by atoms with E-state index >= 15 is 0 Å². The summed E-state index contributed by atoms with van der Waals surface area (Å²) in [5, 5.41) is 5.64. The van der Waals surface area contributed by atoms with Crippen LogP contribution in [0.3, 0.4) is 0 Å². The Kier molecular flexibility index (Phi) is 14.7. The highest BCUT2D eigenvalue weighted by Gasteiger charge is 2.26. The average molecular weight is 424 g/mol. The van der Waals surface area contributed by atoms with Crippen LogP contribution in [0, 0.1) is 0 Å². The Morgan fingerprint density at radius 1 is 1.10 bits per heavy atom. The van der Waals surface area contributed by atoms with E-state index in [0.29, 0.717) is 19.0 Å². The molecule has 0 saturated heterocycles. The summed E-state index contributed by atoms with van der Waals surface area (Å²) in [6.45, 7) is 10.2. The van der Waals surface area contributed by atoms with E-state index in [9.17, 15) is 13.2 Å². The van der Waals surface area contributed by atoms with E-state index in [2.05, 4.69) is 34.4 Å². The van der Waals surface area contributed by atoms with Crippen molar-refractivity contribution in [3.05, 3.63) is 0 Å². The lowest BCUT2D eigenvalue weighted by atomic mass is 10.3. The molecule has 0 aromatic rings. The minimum absolute atomic E-state index is 0. The monoisotopic (exact) mass is 424 g/mol. The summed E-state index contributed by atoms with van der Waals surface area (Å²) >= 11 is 0. The van der Waals surface area contributed by atoms with Crippen LogP contribution in [-0.4, -0.2) is 56.3 Å². The summed E-state index contributed by atoms with van der Waals surface area (Å²) in [6, 6.07) is 0. The highest BCUT2D eigenvalue weighted by atomic mass is 127. The van der Waals surface area contributed by atoms with Gasteiger partial charge in [0.1, 0.15) is 0 Å². The second kappa shape index (κ2) is 13.4. The van der Waals surface area contributed by atoms with Crippen molar-refractivity contribution >= 4 is 29.9 Å². The largest absolute Gasteiger partial charge is 0.390 e. The Hall–Kier alpha value is -0.250. The van der Waals surface area contributed by atoms with E-state index in [1.165, 1.54) is 0 Å². The molecule has 8 heteroatoms. The zero-order valence-corrected chi connectivity index (χ0v) is 15.4. The maximum Gasteiger partial charge on any atom is 0.390 e. The van der Waals surface area contributed by atoms with E-state index < -0.39 is 12.6 Å². The van der Waals surface area contributed by atoms with Crippen molar-refractivity contribution in [3.8, 4) is 0 Å². The summed E-state index contributed by atoms with van der Waals surface area (Å²) in [6.07, 6.45) is -4.08. The average Bonchev–Trinajstić information content (AvgIpc) is 2.37. The van der Waals surface area contributed by atoms with Crippen LogP contribution in [0.1, 0.15) is 33.6 Å². The summed E-state index contributed by atoms with van der Waals surface area (Å²) in [4.78, 5) is 6.57. The van der Waals surface area contributed by atoms with Gasteiger partial charge in [0.15, 0.2) is 5.96 Å². The van der Waals surface area contributed by atoms with Crippen LogP contribution in [0.15, 0.2) is 4.99 Å². The molecule has 0 saturated carbocycles. The Bertz CT molecular complexity index is 269. The number of alkyl halides is 3. The molecule has 0 aromatic carbocycles. The van der Waals surface area contributed by atoms with Gasteiger partial charge >= 0.3 is 6.18 Å². The molecule has 0 amide bonds. The fourth-order valence-corrected chi connectivity index (χ4v) is 1.69. The molecule has 0 radical (unpaired) electrons. The third-order valence-corrected chi connectivity index (χ3v) is 2.84. The van der Waals surface area contributed by atoms with Crippen LogP contribution >= 0.6 is 24.0 Å². The topological polar surface area (TPSA) is 39.7 Å². The molecule has 0 aliphatic heterocycles. The Morgan fingerprint density at radius 2 is 1.71 bits per heavy atom. The van der Waals surface area contributed by atoms with Crippen molar-refractivity contribution in [2.24, 2.45) is 4.99 Å². The molecule has 0 spiro atoms. The van der Waals surface area contributed by atoms with E-state index in [4.69, 9.17) is 0 Å². The second-order valence-electron chi connectivity index (χ2n) is 4.43. The minimum atomic E-state index is -4.13. The van der Waals surface area contributed by atoms with Crippen molar-refractivity contribution in [2.75, 3.05) is 39.3 Å². The smallest absolute Gasteiger partial charge is 0.357 e. The van der Waals surface area contributed by atoms with Crippen LogP contribution < -0.4 is 10.6 Å². The van der Waals surface area contributed by atoms with Crippen molar-refractivity contribution in [2.45, 2.75) is 39.8 Å². The third kappa shape index (κ3) is 14.5. The number of rotatable bonds is 9. The molecular weight excluding hydrogens is 396 g/mol. The predicted molar refractivity (Wildman–Crippen MR) is 92.5 cm³/mol. The van der Waals surface area contributed by atoms with Crippen molar-refractivity contribution in [1.82, 2.24) is 15.5 Å². The summed E-state index contributed by atoms with van der Waals surface area (Å²) < 4.78 is 36.2. The zero-order valence-electron chi connectivity index (χ0n) is 13.1. The quantitative estimate of drug-likeness (QED) is 0.259. The van der Waals surface area contributed by atoms with Gasteiger partial charge in [0.25, 0.3) is 0 Å². The Balaban J connectivity index is 0. The maximum absolute atomic E-state index is 12.1. The minimum Gasteiger partial charge on any atom is -0.357 e. The first-order valence-electron chi connectivity index (χ1n) is 7.24. The van der Waals surface area contributed by atoms with E-state index in [0.717, 1.165) is 26.1 Å². The molecule has 0 aromatic heterocycles. The van der Waals surface area contributed by atoms with Gasteiger partial charge in [-0.2, -0.15) is 13.2 Å². The number of aliphatic imine (C=N–C) groups is 1. The number of halogens is 4. The molecule has 0 rings (SSSR count). The lowest BCUT2D eigenvalue weighted by molar-refractivity contribution is -0.132. The summed E-state index contributed by atoms with van der Waals surface area (Å²) in [5.74, 6) is 0.455. The van der Waals surface area contributed by atoms with Crippen LogP contribution in [0.2, 0.25) is 0 Å². The van der Waals surface area contributed by atoms with Crippen LogP contribution in [-0.2, 0) is 0 Å². The van der Waals surface area contributed by atoms with Gasteiger partial charge in [-0.15, -0.1) is 24.0 Å². The molecule has 0 heterocycles. The normalized spacial score (nSPS) is 12.2. The first-order valence-corrected chi connectivity index (χ1v) is 7.24. The molecule has 2 N–H and O–H groups in total. The SMILES string of the molecule is CCNC(=NCCCN(CC)CC)NCCC(F)(F)F.I. The van der Waals surface area contributed by atoms with Gasteiger partial charge < -0.3 is 15.5 Å². The number of hydrogen-bond acceptors (Lipinski definition) is 2. The third-order valence-electron chi connectivity index (χ3n) is 2.84. The van der Waals surface area contributed by atoms with Crippen molar-refractivity contribution in [3.63, 3.8) is 0 Å². The highest BCUT2D eigenvalue weighted by Crippen LogP contribution is 2.17. The molecule has 0 aliphatic carbocycles. The molecule has 0 unspecified atom stereocenters. The molecule has 0 atom stereocenters. The molecule has 4 nitrogen and oxygen atoms in total. The van der Waals surface area contributed by atoms with Gasteiger partial charge in [-0.05, 0) is 33.0 Å². The predicted octanol–water partition coefficient (Wildman–Crippen LogP) is 2.84. The van der Waals surface area contributed by atoms with Gasteiger partial charge in [0.05, 0.1) is 6.42 Å². The number of hydrogen-bond donors (Lipinski definition) is 2. The van der Waals surface area contributed by atoms with Crippen molar-refractivity contribution in [1.29, 1.82) is 0 Å². The van der Waals surface area contributed by atoms with Crippen LogP contribution in [0.25, 0.3) is 0 Å². The molecule has 128 valence electrons. The molecule has 0 fully saturated rings. The molecule has 21 heavy (non-hydrogen) atoms. The Morgan fingerprint density at radius 3 is 2.19 bits per heavy atom. The van der Waals surface area contributed by atoms with E-state index in [1.54, 1.807) is 0 Å². The van der Waals surface area contributed by atoms with Crippen LogP contribution in [0.5, 0.6) is 0 Å². The lowest BCUT2D eigenvalue weighted by Gasteiger charge is -2.17. The fourth-order valence-electron chi connectivity index (χ4n) is 1.69. The Labute approximate surface area is 143 Å². The second-order valence-corrected chi connectivity index (χ2v) is 4.43. The standard InChI is InChI=1S/C13H27F3N4.HI/c1-4-17-12(19-10-8-13(14,15)16)18-9-7-11-20(5-2)6-3;/h4-11H2,1-3H3,(H2,17,18,19);1H. The lowest BCUT2D eigenvalue weighted by Crippen LogP contribution is -2.39. The van der Waals surface area contributed by atoms with E-state index in [-0.39, 0.29) is 30.5 Å². The first kappa shape index (κ1) is 23.0. The van der Waals surface area contributed by atoms with E-state index in [1.807, 2.05) is 6.92 Å². The maximum atomic E-state index is 12.1. The molecule has 0 bridgehead atoms. The molecular formula is C13H28F3IN4. The van der Waals surface area contributed by atoms with Gasteiger partial charge in [-0.1, -0.05) is 13.8 Å². The van der Waals surface area contributed by atoms with Gasteiger partial charge in [-0.25, -0.2) is 0 Å². The number of nitrogens with zero attached hydrogens (tertiary/aromatic N) is 2. The first-order chi connectivity index (χ1) is 9.42. The summed E-state index contributed by atoms with van der Waals surface area (Å²) in [7, 11) is 0. The highest BCUT2D eigenvalue weighted by molar-refractivity contribution is 14.0. The van der Waals surface area contributed by atoms with Gasteiger partial charge in [-0.3, -0.25) is 4.99 Å². The number of guanidine groups is 1. The van der Waals surface area contributed by atoms with Gasteiger partial charge in [0, 0.05) is 19.6 Å². The molecule has 0 aliphatic rings. The summed E-state index contributed by atoms with van der Waals surface area (Å²) in [5.41, 5.74) is 0. The van der Waals surface area contributed by atoms with Crippen molar-refractivity contribution < 1.29 is 13.2 Å². The van der Waals surface area contributed by atoms with Crippen LogP contribution in [0.4, 0.5) is 13.2 Å².